The number of aromatic nitrogens is 3. The Hall–Kier alpha value is -2.01. The molecule has 0 bridgehead atoms. The molecule has 5 heteroatoms. The number of fused-ring (bicyclic) bond motifs is 1. The number of aryl methyl sites for hydroxylation is 1. The summed E-state index contributed by atoms with van der Waals surface area (Å²) >= 11 is 5.30. The van der Waals surface area contributed by atoms with Crippen molar-refractivity contribution < 1.29 is 4.39 Å². The van der Waals surface area contributed by atoms with Crippen LogP contribution < -0.4 is 0 Å². The molecule has 0 aliphatic carbocycles. The Labute approximate surface area is 108 Å². The second-order valence-electron chi connectivity index (χ2n) is 4.09. The van der Waals surface area contributed by atoms with E-state index in [1.807, 2.05) is 17.6 Å². The Balaban J connectivity index is 2.41. The molecule has 2 heterocycles. The third-order valence-corrected chi connectivity index (χ3v) is 3.18. The van der Waals surface area contributed by atoms with E-state index in [-0.39, 0.29) is 5.82 Å². The second-order valence-corrected chi connectivity index (χ2v) is 4.48. The number of pyridine rings is 1. The van der Waals surface area contributed by atoms with Gasteiger partial charge in [-0.2, -0.15) is 0 Å². The molecule has 90 valence electrons. The second kappa shape index (κ2) is 4.03. The topological polar surface area (TPSA) is 33.6 Å². The van der Waals surface area contributed by atoms with E-state index in [9.17, 15) is 4.39 Å². The number of H-pyrrole nitrogens is 1. The van der Waals surface area contributed by atoms with Crippen LogP contribution >= 0.6 is 12.2 Å². The van der Waals surface area contributed by atoms with E-state index in [0.717, 1.165) is 22.3 Å². The molecule has 3 rings (SSSR count). The fourth-order valence-electron chi connectivity index (χ4n) is 2.02. The predicted octanol–water partition coefficient (Wildman–Crippen LogP) is 3.53. The van der Waals surface area contributed by atoms with Gasteiger partial charge in [0.25, 0.3) is 0 Å². The summed E-state index contributed by atoms with van der Waals surface area (Å²) in [5.41, 5.74) is 3.44. The highest BCUT2D eigenvalue weighted by Crippen LogP contribution is 2.22. The molecule has 0 aliphatic heterocycles. The fraction of sp³-hybridized carbons (Fsp3) is 0.0769. The summed E-state index contributed by atoms with van der Waals surface area (Å²) in [6.07, 6.45) is 3.40. The molecule has 0 spiro atoms. The number of halogens is 1. The van der Waals surface area contributed by atoms with Gasteiger partial charge in [-0.25, -0.2) is 4.39 Å². The maximum atomic E-state index is 13.4. The van der Waals surface area contributed by atoms with E-state index in [1.54, 1.807) is 18.5 Å². The molecule has 2 aromatic heterocycles. The van der Waals surface area contributed by atoms with Gasteiger partial charge in [0, 0.05) is 6.20 Å². The Morgan fingerprint density at radius 3 is 3.00 bits per heavy atom. The zero-order valence-corrected chi connectivity index (χ0v) is 10.5. The summed E-state index contributed by atoms with van der Waals surface area (Å²) in [7, 11) is 0. The minimum atomic E-state index is -0.277. The first-order valence-corrected chi connectivity index (χ1v) is 5.89. The molecule has 18 heavy (non-hydrogen) atoms. The number of nitrogens with one attached hydrogen (secondary N) is 1. The van der Waals surface area contributed by atoms with E-state index in [4.69, 9.17) is 12.2 Å². The average Bonchev–Trinajstić information content (AvgIpc) is 2.68. The zero-order chi connectivity index (χ0) is 12.7. The van der Waals surface area contributed by atoms with Crippen molar-refractivity contribution >= 4 is 23.3 Å². The van der Waals surface area contributed by atoms with E-state index in [1.165, 1.54) is 12.1 Å². The quantitative estimate of drug-likeness (QED) is 0.678. The molecule has 0 unspecified atom stereocenters. The molecule has 3 nitrogen and oxygen atoms in total. The highest BCUT2D eigenvalue weighted by Gasteiger charge is 2.09. The van der Waals surface area contributed by atoms with Crippen LogP contribution in [0.2, 0.25) is 0 Å². The normalized spacial score (nSPS) is 11.0. The lowest BCUT2D eigenvalue weighted by Gasteiger charge is -2.08. The van der Waals surface area contributed by atoms with Gasteiger partial charge in [0.2, 0.25) is 0 Å². The van der Waals surface area contributed by atoms with Crippen molar-refractivity contribution in [3.05, 3.63) is 52.8 Å². The minimum absolute atomic E-state index is 0.277. The number of aromatic amines is 1. The Morgan fingerprint density at radius 1 is 1.33 bits per heavy atom. The summed E-state index contributed by atoms with van der Waals surface area (Å²) in [6.45, 7) is 1.93. The lowest BCUT2D eigenvalue weighted by atomic mass is 10.2. The Bertz CT molecular complexity index is 788. The van der Waals surface area contributed by atoms with Crippen molar-refractivity contribution in [2.45, 2.75) is 6.92 Å². The van der Waals surface area contributed by atoms with Crippen LogP contribution in [-0.2, 0) is 0 Å². The van der Waals surface area contributed by atoms with Crippen molar-refractivity contribution in [1.82, 2.24) is 14.5 Å². The van der Waals surface area contributed by atoms with E-state index >= 15 is 0 Å². The molecule has 0 amide bonds. The van der Waals surface area contributed by atoms with Crippen molar-refractivity contribution in [2.24, 2.45) is 0 Å². The summed E-state index contributed by atoms with van der Waals surface area (Å²) in [6, 6.07) is 6.52. The molecule has 0 atom stereocenters. The molecular formula is C13H10FN3S. The number of nitrogens with zero attached hydrogens (tertiary/aromatic N) is 2. The molecule has 0 saturated heterocycles. The van der Waals surface area contributed by atoms with Gasteiger partial charge in [0.05, 0.1) is 22.9 Å². The van der Waals surface area contributed by atoms with Crippen LogP contribution in [0.4, 0.5) is 4.39 Å². The minimum Gasteiger partial charge on any atom is -0.329 e. The third-order valence-electron chi connectivity index (χ3n) is 2.90. The first-order valence-electron chi connectivity index (χ1n) is 5.48. The van der Waals surface area contributed by atoms with Crippen LogP contribution in [0.15, 0.2) is 36.7 Å². The van der Waals surface area contributed by atoms with Gasteiger partial charge in [0.1, 0.15) is 5.82 Å². The highest BCUT2D eigenvalue weighted by molar-refractivity contribution is 7.71. The van der Waals surface area contributed by atoms with Crippen LogP contribution in [0, 0.1) is 17.5 Å². The molecule has 0 saturated carbocycles. The first-order chi connectivity index (χ1) is 8.66. The average molecular weight is 259 g/mol. The number of hydrogen-bond acceptors (Lipinski definition) is 2. The van der Waals surface area contributed by atoms with Crippen molar-refractivity contribution in [2.75, 3.05) is 0 Å². The van der Waals surface area contributed by atoms with E-state index in [2.05, 4.69) is 9.97 Å². The number of rotatable bonds is 1. The maximum Gasteiger partial charge on any atom is 0.182 e. The van der Waals surface area contributed by atoms with Crippen LogP contribution in [0.5, 0.6) is 0 Å². The van der Waals surface area contributed by atoms with Crippen LogP contribution in [0.25, 0.3) is 16.7 Å². The van der Waals surface area contributed by atoms with Gasteiger partial charge in [-0.05, 0) is 42.9 Å². The Kier molecular flexibility index (Phi) is 2.48. The maximum absolute atomic E-state index is 13.4. The van der Waals surface area contributed by atoms with Crippen LogP contribution in [0.3, 0.4) is 0 Å². The molecule has 0 radical (unpaired) electrons. The molecule has 0 fully saturated rings. The van der Waals surface area contributed by atoms with E-state index < -0.39 is 0 Å². The smallest absolute Gasteiger partial charge is 0.182 e. The highest BCUT2D eigenvalue weighted by atomic mass is 32.1. The largest absolute Gasteiger partial charge is 0.329 e. The lowest BCUT2D eigenvalue weighted by molar-refractivity contribution is 0.626. The number of benzene rings is 1. The van der Waals surface area contributed by atoms with E-state index in [0.29, 0.717) is 4.77 Å². The van der Waals surface area contributed by atoms with Gasteiger partial charge in [0.15, 0.2) is 4.77 Å². The lowest BCUT2D eigenvalue weighted by Crippen LogP contribution is -1.97. The zero-order valence-electron chi connectivity index (χ0n) is 9.64. The molecule has 3 aromatic rings. The van der Waals surface area contributed by atoms with Crippen LogP contribution in [-0.4, -0.2) is 14.5 Å². The van der Waals surface area contributed by atoms with Crippen molar-refractivity contribution in [1.29, 1.82) is 0 Å². The SMILES string of the molecule is Cc1ccc(F)cc1-n1c(=S)[nH]c2cnccc21. The molecule has 0 aliphatic rings. The van der Waals surface area contributed by atoms with Crippen LogP contribution in [0.1, 0.15) is 5.56 Å². The summed E-state index contributed by atoms with van der Waals surface area (Å²) in [5, 5.41) is 0. The summed E-state index contributed by atoms with van der Waals surface area (Å²) in [4.78, 5) is 7.10. The monoisotopic (exact) mass is 259 g/mol. The number of imidazole rings is 1. The van der Waals surface area contributed by atoms with Crippen molar-refractivity contribution in [3.8, 4) is 5.69 Å². The van der Waals surface area contributed by atoms with Gasteiger partial charge >= 0.3 is 0 Å². The predicted molar refractivity (Wildman–Crippen MR) is 70.9 cm³/mol. The van der Waals surface area contributed by atoms with Crippen molar-refractivity contribution in [3.63, 3.8) is 0 Å². The van der Waals surface area contributed by atoms with Gasteiger partial charge in [-0.3, -0.25) is 9.55 Å². The summed E-state index contributed by atoms with van der Waals surface area (Å²) < 4.78 is 15.8. The van der Waals surface area contributed by atoms with Gasteiger partial charge < -0.3 is 4.98 Å². The summed E-state index contributed by atoms with van der Waals surface area (Å²) in [5.74, 6) is -0.277. The first kappa shape index (κ1) is 11.1. The molecular weight excluding hydrogens is 249 g/mol. The van der Waals surface area contributed by atoms with Gasteiger partial charge in [-0.1, -0.05) is 6.07 Å². The standard InChI is InChI=1S/C13H10FN3S/c1-8-2-3-9(14)6-12(8)17-11-4-5-15-7-10(11)16-13(17)18/h2-7H,1H3,(H,16,18). The number of hydrogen-bond donors (Lipinski definition) is 1. The molecule has 1 N–H and O–H groups in total. The third kappa shape index (κ3) is 1.64. The Morgan fingerprint density at radius 2 is 2.17 bits per heavy atom. The fourth-order valence-corrected chi connectivity index (χ4v) is 2.33. The molecule has 1 aromatic carbocycles. The van der Waals surface area contributed by atoms with Gasteiger partial charge in [-0.15, -0.1) is 0 Å².